The minimum atomic E-state index is -0.628. The first-order valence-corrected chi connectivity index (χ1v) is 5.64. The zero-order chi connectivity index (χ0) is 14.7. The molecule has 0 aliphatic carbocycles. The molecule has 0 aliphatic rings. The Balaban J connectivity index is 2.22. The maximum atomic E-state index is 13.6. The second-order valence-electron chi connectivity index (χ2n) is 3.98. The molecule has 20 heavy (non-hydrogen) atoms. The molecule has 0 radical (unpaired) electrons. The summed E-state index contributed by atoms with van der Waals surface area (Å²) in [5.74, 6) is -1.59. The normalized spacial score (nSPS) is 10.2. The third kappa shape index (κ3) is 2.87. The summed E-state index contributed by atoms with van der Waals surface area (Å²) in [6.45, 7) is 1.47. The molecule has 0 saturated carbocycles. The van der Waals surface area contributed by atoms with E-state index in [4.69, 9.17) is 0 Å². The first-order chi connectivity index (χ1) is 9.51. The number of carbonyl (C=O) groups is 1. The molecule has 0 spiro atoms. The van der Waals surface area contributed by atoms with Gasteiger partial charge in [-0.05, 0) is 18.6 Å². The van der Waals surface area contributed by atoms with Crippen molar-refractivity contribution in [2.75, 3.05) is 12.4 Å². The number of halogens is 2. The summed E-state index contributed by atoms with van der Waals surface area (Å²) >= 11 is 0. The number of hydrogen-bond acceptors (Lipinski definition) is 5. The fourth-order valence-corrected chi connectivity index (χ4v) is 1.48. The Morgan fingerprint density at radius 2 is 1.95 bits per heavy atom. The fraction of sp³-hybridized carbons (Fsp3) is 0.154. The van der Waals surface area contributed by atoms with Gasteiger partial charge in [-0.1, -0.05) is 0 Å². The largest absolute Gasteiger partial charge is 0.464 e. The zero-order valence-electron chi connectivity index (χ0n) is 10.8. The van der Waals surface area contributed by atoms with Crippen LogP contribution in [0.25, 0.3) is 0 Å². The zero-order valence-corrected chi connectivity index (χ0v) is 10.8. The minimum Gasteiger partial charge on any atom is -0.464 e. The summed E-state index contributed by atoms with van der Waals surface area (Å²) in [6.07, 6.45) is 2.40. The van der Waals surface area contributed by atoms with E-state index in [-0.39, 0.29) is 22.8 Å². The number of rotatable bonds is 3. The highest BCUT2D eigenvalue weighted by Gasteiger charge is 2.10. The van der Waals surface area contributed by atoms with Crippen LogP contribution in [0.15, 0.2) is 24.5 Å². The van der Waals surface area contributed by atoms with Crippen LogP contribution in [0.1, 0.15) is 16.1 Å². The van der Waals surface area contributed by atoms with Crippen molar-refractivity contribution in [1.29, 1.82) is 0 Å². The Morgan fingerprint density at radius 3 is 2.55 bits per heavy atom. The van der Waals surface area contributed by atoms with Crippen LogP contribution in [0.5, 0.6) is 0 Å². The van der Waals surface area contributed by atoms with Gasteiger partial charge in [0.05, 0.1) is 25.2 Å². The van der Waals surface area contributed by atoms with Crippen molar-refractivity contribution in [2.45, 2.75) is 6.92 Å². The summed E-state index contributed by atoms with van der Waals surface area (Å²) < 4.78 is 31.5. The lowest BCUT2D eigenvalue weighted by Crippen LogP contribution is -2.06. The van der Waals surface area contributed by atoms with Gasteiger partial charge in [0.25, 0.3) is 0 Å². The van der Waals surface area contributed by atoms with Crippen LogP contribution in [0.4, 0.5) is 20.3 Å². The van der Waals surface area contributed by atoms with Gasteiger partial charge in [-0.2, -0.15) is 0 Å². The Hall–Kier alpha value is -2.57. The summed E-state index contributed by atoms with van der Waals surface area (Å²) in [6, 6.07) is 2.11. The summed E-state index contributed by atoms with van der Waals surface area (Å²) in [4.78, 5) is 18.8. The first kappa shape index (κ1) is 13.9. The van der Waals surface area contributed by atoms with E-state index < -0.39 is 17.6 Å². The molecule has 7 heteroatoms. The maximum absolute atomic E-state index is 13.6. The average molecular weight is 279 g/mol. The molecule has 1 N–H and O–H groups in total. The Kier molecular flexibility index (Phi) is 3.88. The number of methoxy groups -OCH3 is 1. The van der Waals surface area contributed by atoms with Crippen LogP contribution >= 0.6 is 0 Å². The van der Waals surface area contributed by atoms with Crippen LogP contribution in [0, 0.1) is 18.6 Å². The van der Waals surface area contributed by atoms with Crippen LogP contribution in [0.2, 0.25) is 0 Å². The monoisotopic (exact) mass is 279 g/mol. The van der Waals surface area contributed by atoms with Gasteiger partial charge >= 0.3 is 5.97 Å². The highest BCUT2D eigenvalue weighted by atomic mass is 19.1. The lowest BCUT2D eigenvalue weighted by Gasteiger charge is -2.08. The maximum Gasteiger partial charge on any atom is 0.358 e. The van der Waals surface area contributed by atoms with E-state index in [2.05, 4.69) is 20.0 Å². The standard InChI is InChI=1S/C13H11F2N3O2/c1-7-3-9(15)10(4-8(7)14)18-12-6-16-11(5-17-12)13(19)20-2/h3-6H,1-2H3,(H,17,18). The molecule has 0 amide bonds. The van der Waals surface area contributed by atoms with Gasteiger partial charge in [0.2, 0.25) is 0 Å². The van der Waals surface area contributed by atoms with Crippen molar-refractivity contribution in [3.63, 3.8) is 0 Å². The predicted molar refractivity (Wildman–Crippen MR) is 67.7 cm³/mol. The Bertz CT molecular complexity index is 645. The Labute approximate surface area is 113 Å². The number of anilines is 2. The van der Waals surface area contributed by atoms with Crippen molar-refractivity contribution in [2.24, 2.45) is 0 Å². The number of carbonyl (C=O) groups excluding carboxylic acids is 1. The molecule has 0 atom stereocenters. The molecule has 2 rings (SSSR count). The number of nitrogens with one attached hydrogen (secondary N) is 1. The van der Waals surface area contributed by atoms with Gasteiger partial charge in [-0.25, -0.2) is 23.5 Å². The lowest BCUT2D eigenvalue weighted by molar-refractivity contribution is 0.0593. The van der Waals surface area contributed by atoms with E-state index in [0.717, 1.165) is 12.1 Å². The van der Waals surface area contributed by atoms with E-state index >= 15 is 0 Å². The number of benzene rings is 1. The molecule has 0 aliphatic heterocycles. The minimum absolute atomic E-state index is 0.0219. The second-order valence-corrected chi connectivity index (χ2v) is 3.98. The molecule has 1 aromatic heterocycles. The van der Waals surface area contributed by atoms with Crippen LogP contribution in [-0.4, -0.2) is 23.0 Å². The molecule has 1 heterocycles. The molecule has 0 saturated heterocycles. The SMILES string of the molecule is COC(=O)c1cnc(Nc2cc(F)c(C)cc2F)cn1. The second kappa shape index (κ2) is 5.60. The highest BCUT2D eigenvalue weighted by Crippen LogP contribution is 2.21. The molecule has 0 bridgehead atoms. The van der Waals surface area contributed by atoms with Crippen molar-refractivity contribution >= 4 is 17.5 Å². The number of esters is 1. The van der Waals surface area contributed by atoms with E-state index in [0.29, 0.717) is 0 Å². The van der Waals surface area contributed by atoms with Crippen LogP contribution < -0.4 is 5.32 Å². The smallest absolute Gasteiger partial charge is 0.358 e. The third-order valence-corrected chi connectivity index (χ3v) is 2.56. The molecule has 1 aromatic carbocycles. The quantitative estimate of drug-likeness (QED) is 0.875. The summed E-state index contributed by atoms with van der Waals surface area (Å²) in [5.41, 5.74) is 0.169. The summed E-state index contributed by atoms with van der Waals surface area (Å²) in [5, 5.41) is 2.58. The Morgan fingerprint density at radius 1 is 1.20 bits per heavy atom. The molecule has 2 aromatic rings. The fourth-order valence-electron chi connectivity index (χ4n) is 1.48. The number of aryl methyl sites for hydroxylation is 1. The third-order valence-electron chi connectivity index (χ3n) is 2.56. The van der Waals surface area contributed by atoms with E-state index in [1.54, 1.807) is 0 Å². The van der Waals surface area contributed by atoms with E-state index in [9.17, 15) is 13.6 Å². The molecular weight excluding hydrogens is 268 g/mol. The number of aromatic nitrogens is 2. The average Bonchev–Trinajstić information content (AvgIpc) is 2.44. The van der Waals surface area contributed by atoms with Gasteiger partial charge in [-0.3, -0.25) is 0 Å². The van der Waals surface area contributed by atoms with E-state index in [1.807, 2.05) is 0 Å². The van der Waals surface area contributed by atoms with Gasteiger partial charge in [0, 0.05) is 6.07 Å². The van der Waals surface area contributed by atoms with Crippen molar-refractivity contribution in [3.8, 4) is 0 Å². The van der Waals surface area contributed by atoms with Gasteiger partial charge in [-0.15, -0.1) is 0 Å². The lowest BCUT2D eigenvalue weighted by atomic mass is 10.2. The van der Waals surface area contributed by atoms with Gasteiger partial charge in [0.15, 0.2) is 5.69 Å². The molecule has 0 unspecified atom stereocenters. The molecule has 0 fully saturated rings. The van der Waals surface area contributed by atoms with Gasteiger partial charge < -0.3 is 10.1 Å². The van der Waals surface area contributed by atoms with E-state index in [1.165, 1.54) is 26.4 Å². The van der Waals surface area contributed by atoms with Crippen LogP contribution in [0.3, 0.4) is 0 Å². The van der Waals surface area contributed by atoms with Crippen molar-refractivity contribution < 1.29 is 18.3 Å². The molecule has 5 nitrogen and oxygen atoms in total. The summed E-state index contributed by atoms with van der Waals surface area (Å²) in [7, 11) is 1.22. The van der Waals surface area contributed by atoms with Crippen molar-refractivity contribution in [3.05, 3.63) is 47.4 Å². The van der Waals surface area contributed by atoms with Gasteiger partial charge in [0.1, 0.15) is 17.5 Å². The number of nitrogens with zero attached hydrogens (tertiary/aromatic N) is 2. The predicted octanol–water partition coefficient (Wildman–Crippen LogP) is 2.59. The van der Waals surface area contributed by atoms with Crippen molar-refractivity contribution in [1.82, 2.24) is 9.97 Å². The topological polar surface area (TPSA) is 64.1 Å². The number of hydrogen-bond donors (Lipinski definition) is 1. The first-order valence-electron chi connectivity index (χ1n) is 5.64. The van der Waals surface area contributed by atoms with Crippen LogP contribution in [-0.2, 0) is 4.74 Å². The molecular formula is C13H11F2N3O2. The highest BCUT2D eigenvalue weighted by molar-refractivity contribution is 5.86. The molecule has 104 valence electrons. The number of ether oxygens (including phenoxy) is 1.